The smallest absolute Gasteiger partial charge is 0.191 e. The normalized spacial score (nSPS) is 10.8. The lowest BCUT2D eigenvalue weighted by Crippen LogP contribution is -2.06. The molecule has 0 N–H and O–H groups in total. The van der Waals surface area contributed by atoms with Gasteiger partial charge >= 0.3 is 0 Å². The van der Waals surface area contributed by atoms with Crippen LogP contribution in [0, 0.1) is 0 Å². The van der Waals surface area contributed by atoms with Crippen LogP contribution in [0.4, 0.5) is 0 Å². The molecule has 0 atom stereocenters. The Balaban J connectivity index is 1.54. The Morgan fingerprint density at radius 2 is 1.57 bits per heavy atom. The molecule has 0 saturated carbocycles. The van der Waals surface area contributed by atoms with E-state index < -0.39 is 0 Å². The van der Waals surface area contributed by atoms with Crippen LogP contribution in [0.1, 0.15) is 11.1 Å². The van der Waals surface area contributed by atoms with Gasteiger partial charge in [-0.25, -0.2) is 0 Å². The van der Waals surface area contributed by atoms with Crippen LogP contribution in [0.5, 0.6) is 5.75 Å². The zero-order valence-corrected chi connectivity index (χ0v) is 17.8. The number of benzene rings is 2. The van der Waals surface area contributed by atoms with Crippen LogP contribution >= 0.6 is 11.8 Å². The molecule has 0 aliphatic carbocycles. The fraction of sp³-hybridized carbons (Fsp3) is 0.208. The molecule has 0 spiro atoms. The lowest BCUT2D eigenvalue weighted by atomic mass is 10.1. The van der Waals surface area contributed by atoms with Crippen molar-refractivity contribution in [3.63, 3.8) is 0 Å². The molecule has 0 bridgehead atoms. The van der Waals surface area contributed by atoms with E-state index in [0.717, 1.165) is 47.4 Å². The number of rotatable bonds is 9. The highest BCUT2D eigenvalue weighted by atomic mass is 32.2. The predicted molar refractivity (Wildman–Crippen MR) is 121 cm³/mol. The standard InChI is InChI=1S/C24H24N4OS/c1-29-22-9-7-21(8-10-22)23-26-27-24(30-18-14-20-11-15-25-16-12-20)28(23)17-13-19-5-3-2-4-6-19/h2-12,15-16H,13-14,17-18H2,1H3. The van der Waals surface area contributed by atoms with Crippen LogP contribution in [0.2, 0.25) is 0 Å². The first-order chi connectivity index (χ1) is 14.8. The van der Waals surface area contributed by atoms with Gasteiger partial charge in [0.15, 0.2) is 11.0 Å². The summed E-state index contributed by atoms with van der Waals surface area (Å²) in [5.41, 5.74) is 3.63. The van der Waals surface area contributed by atoms with E-state index >= 15 is 0 Å². The molecular weight excluding hydrogens is 392 g/mol. The number of pyridine rings is 1. The third-order valence-corrected chi connectivity index (χ3v) is 5.87. The average molecular weight is 417 g/mol. The molecular formula is C24H24N4OS. The lowest BCUT2D eigenvalue weighted by Gasteiger charge is -2.11. The van der Waals surface area contributed by atoms with E-state index in [1.807, 2.05) is 42.7 Å². The minimum absolute atomic E-state index is 0.829. The molecule has 2 aromatic carbocycles. The van der Waals surface area contributed by atoms with E-state index in [2.05, 4.69) is 56.1 Å². The summed E-state index contributed by atoms with van der Waals surface area (Å²) < 4.78 is 7.52. The Hall–Kier alpha value is -3.12. The molecule has 2 heterocycles. The van der Waals surface area contributed by atoms with E-state index in [9.17, 15) is 0 Å². The van der Waals surface area contributed by atoms with Gasteiger partial charge in [0, 0.05) is 30.3 Å². The molecule has 4 rings (SSSR count). The number of hydrogen-bond acceptors (Lipinski definition) is 5. The number of aromatic nitrogens is 4. The molecule has 0 amide bonds. The minimum Gasteiger partial charge on any atom is -0.497 e. The highest BCUT2D eigenvalue weighted by molar-refractivity contribution is 7.99. The van der Waals surface area contributed by atoms with Crippen molar-refractivity contribution in [1.29, 1.82) is 0 Å². The molecule has 5 nitrogen and oxygen atoms in total. The van der Waals surface area contributed by atoms with Gasteiger partial charge in [0.05, 0.1) is 7.11 Å². The largest absolute Gasteiger partial charge is 0.497 e. The molecule has 0 aliphatic rings. The van der Waals surface area contributed by atoms with Crippen LogP contribution in [-0.2, 0) is 19.4 Å². The summed E-state index contributed by atoms with van der Waals surface area (Å²) in [6.45, 7) is 0.829. The van der Waals surface area contributed by atoms with Gasteiger partial charge in [-0.2, -0.15) is 0 Å². The van der Waals surface area contributed by atoms with Crippen LogP contribution in [0.15, 0.2) is 84.3 Å². The van der Waals surface area contributed by atoms with Gasteiger partial charge in [-0.3, -0.25) is 4.98 Å². The molecule has 0 fully saturated rings. The molecule has 6 heteroatoms. The molecule has 0 saturated heterocycles. The number of methoxy groups -OCH3 is 1. The number of thioether (sulfide) groups is 1. The monoisotopic (exact) mass is 416 g/mol. The van der Waals surface area contributed by atoms with Crippen LogP contribution in [0.3, 0.4) is 0 Å². The van der Waals surface area contributed by atoms with E-state index in [1.54, 1.807) is 18.9 Å². The van der Waals surface area contributed by atoms with E-state index in [4.69, 9.17) is 4.74 Å². The molecule has 30 heavy (non-hydrogen) atoms. The van der Waals surface area contributed by atoms with Gasteiger partial charge in [-0.1, -0.05) is 42.1 Å². The quantitative estimate of drug-likeness (QED) is 0.362. The van der Waals surface area contributed by atoms with Gasteiger partial charge < -0.3 is 9.30 Å². The summed E-state index contributed by atoms with van der Waals surface area (Å²) in [5.74, 6) is 2.66. The second kappa shape index (κ2) is 10.1. The second-order valence-electron chi connectivity index (χ2n) is 6.88. The van der Waals surface area contributed by atoms with Crippen molar-refractivity contribution in [2.45, 2.75) is 24.5 Å². The summed E-state index contributed by atoms with van der Waals surface area (Å²) in [4.78, 5) is 4.09. The van der Waals surface area contributed by atoms with Crippen molar-refractivity contribution in [2.24, 2.45) is 0 Å². The van der Waals surface area contributed by atoms with Crippen molar-refractivity contribution in [3.8, 4) is 17.1 Å². The zero-order chi connectivity index (χ0) is 20.6. The van der Waals surface area contributed by atoms with Crippen molar-refractivity contribution in [2.75, 3.05) is 12.9 Å². The molecule has 4 aromatic rings. The minimum atomic E-state index is 0.829. The fourth-order valence-corrected chi connectivity index (χ4v) is 4.20. The first-order valence-electron chi connectivity index (χ1n) is 9.97. The molecule has 2 aromatic heterocycles. The maximum absolute atomic E-state index is 5.29. The zero-order valence-electron chi connectivity index (χ0n) is 16.9. The maximum Gasteiger partial charge on any atom is 0.191 e. The van der Waals surface area contributed by atoms with Gasteiger partial charge in [-0.05, 0) is 60.4 Å². The number of aryl methyl sites for hydroxylation is 2. The Bertz CT molecular complexity index is 1050. The Morgan fingerprint density at radius 3 is 2.30 bits per heavy atom. The Labute approximate surface area is 181 Å². The highest BCUT2D eigenvalue weighted by Gasteiger charge is 2.14. The van der Waals surface area contributed by atoms with E-state index in [1.165, 1.54) is 11.1 Å². The first-order valence-corrected chi connectivity index (χ1v) is 11.0. The third-order valence-electron chi connectivity index (χ3n) is 4.90. The van der Waals surface area contributed by atoms with Crippen LogP contribution in [-0.4, -0.2) is 32.6 Å². The summed E-state index contributed by atoms with van der Waals surface area (Å²) in [6.07, 6.45) is 5.57. The Morgan fingerprint density at radius 1 is 0.833 bits per heavy atom. The van der Waals surface area contributed by atoms with E-state index in [0.29, 0.717) is 0 Å². The van der Waals surface area contributed by atoms with Gasteiger partial charge in [0.25, 0.3) is 0 Å². The molecule has 0 aliphatic heterocycles. The first kappa shape index (κ1) is 20.2. The summed E-state index contributed by atoms with van der Waals surface area (Å²) in [7, 11) is 1.68. The maximum atomic E-state index is 5.29. The summed E-state index contributed by atoms with van der Waals surface area (Å²) in [5, 5.41) is 9.98. The fourth-order valence-electron chi connectivity index (χ4n) is 3.25. The van der Waals surface area contributed by atoms with Crippen molar-refractivity contribution in [1.82, 2.24) is 19.7 Å². The number of ether oxygens (including phenoxy) is 1. The lowest BCUT2D eigenvalue weighted by molar-refractivity contribution is 0.415. The average Bonchev–Trinajstić information content (AvgIpc) is 3.22. The number of nitrogens with zero attached hydrogens (tertiary/aromatic N) is 4. The molecule has 0 radical (unpaired) electrons. The summed E-state index contributed by atoms with van der Waals surface area (Å²) in [6, 6.07) is 22.6. The highest BCUT2D eigenvalue weighted by Crippen LogP contribution is 2.26. The SMILES string of the molecule is COc1ccc(-c2nnc(SCCc3ccncc3)n2CCc2ccccc2)cc1. The topological polar surface area (TPSA) is 52.8 Å². The molecule has 152 valence electrons. The van der Waals surface area contributed by atoms with Gasteiger partial charge in [0.1, 0.15) is 5.75 Å². The van der Waals surface area contributed by atoms with Gasteiger partial charge in [0.2, 0.25) is 0 Å². The number of hydrogen-bond donors (Lipinski definition) is 0. The van der Waals surface area contributed by atoms with Crippen LogP contribution in [0.25, 0.3) is 11.4 Å². The molecule has 0 unspecified atom stereocenters. The van der Waals surface area contributed by atoms with E-state index in [-0.39, 0.29) is 0 Å². The van der Waals surface area contributed by atoms with Gasteiger partial charge in [-0.15, -0.1) is 10.2 Å². The Kier molecular flexibility index (Phi) is 6.77. The third kappa shape index (κ3) is 5.07. The van der Waals surface area contributed by atoms with Crippen molar-refractivity contribution >= 4 is 11.8 Å². The van der Waals surface area contributed by atoms with Crippen molar-refractivity contribution < 1.29 is 4.74 Å². The second-order valence-corrected chi connectivity index (χ2v) is 7.94. The summed E-state index contributed by atoms with van der Waals surface area (Å²) >= 11 is 1.74. The predicted octanol–water partition coefficient (Wildman–Crippen LogP) is 4.93. The van der Waals surface area contributed by atoms with Crippen molar-refractivity contribution in [3.05, 3.63) is 90.3 Å². The van der Waals surface area contributed by atoms with Crippen LogP contribution < -0.4 is 4.74 Å².